The standard InChI is InChI=1S/C13H23N3OS/c1-5-6-15-13(17)12-10(14)7-11(18-12)16-9(4)8(2)3/h7-9,16H,5-6,14H2,1-4H3,(H,15,17). The Bertz CT molecular complexity index is 401. The van der Waals surface area contributed by atoms with Crippen LogP contribution in [0.25, 0.3) is 0 Å². The molecule has 4 nitrogen and oxygen atoms in total. The third kappa shape index (κ3) is 3.91. The summed E-state index contributed by atoms with van der Waals surface area (Å²) in [5.41, 5.74) is 6.42. The number of carbonyl (C=O) groups excluding carboxylic acids is 1. The van der Waals surface area contributed by atoms with Crippen molar-refractivity contribution in [2.45, 2.75) is 40.2 Å². The second-order valence-corrected chi connectivity index (χ2v) is 5.88. The topological polar surface area (TPSA) is 67.2 Å². The predicted molar refractivity (Wildman–Crippen MR) is 79.3 cm³/mol. The van der Waals surface area contributed by atoms with E-state index in [-0.39, 0.29) is 5.91 Å². The highest BCUT2D eigenvalue weighted by Crippen LogP contribution is 2.30. The summed E-state index contributed by atoms with van der Waals surface area (Å²) >= 11 is 1.42. The highest BCUT2D eigenvalue weighted by atomic mass is 32.1. The molecule has 102 valence electrons. The summed E-state index contributed by atoms with van der Waals surface area (Å²) in [6.45, 7) is 9.14. The van der Waals surface area contributed by atoms with Crippen LogP contribution in [0.1, 0.15) is 43.8 Å². The predicted octanol–water partition coefficient (Wildman–Crippen LogP) is 2.93. The van der Waals surface area contributed by atoms with Gasteiger partial charge in [-0.05, 0) is 25.3 Å². The van der Waals surface area contributed by atoms with Crippen LogP contribution in [0.5, 0.6) is 0 Å². The van der Waals surface area contributed by atoms with Crippen LogP contribution in [-0.2, 0) is 0 Å². The molecule has 1 aromatic rings. The van der Waals surface area contributed by atoms with Gasteiger partial charge in [0.25, 0.3) is 5.91 Å². The Hall–Kier alpha value is -1.23. The average molecular weight is 269 g/mol. The number of carbonyl (C=O) groups is 1. The Labute approximate surface area is 113 Å². The van der Waals surface area contributed by atoms with E-state index < -0.39 is 0 Å². The quantitative estimate of drug-likeness (QED) is 0.744. The third-order valence-electron chi connectivity index (χ3n) is 2.87. The number of nitrogen functional groups attached to an aromatic ring is 1. The minimum atomic E-state index is -0.0791. The number of rotatable bonds is 6. The molecule has 0 spiro atoms. The smallest absolute Gasteiger partial charge is 0.263 e. The molecular formula is C13H23N3OS. The van der Waals surface area contributed by atoms with Crippen LogP contribution < -0.4 is 16.4 Å². The molecule has 18 heavy (non-hydrogen) atoms. The van der Waals surface area contributed by atoms with E-state index in [9.17, 15) is 4.79 Å². The molecule has 0 aromatic carbocycles. The number of nitrogens with two attached hydrogens (primary N) is 1. The van der Waals surface area contributed by atoms with Crippen molar-refractivity contribution in [1.29, 1.82) is 0 Å². The number of hydrogen-bond donors (Lipinski definition) is 3. The zero-order chi connectivity index (χ0) is 13.7. The highest BCUT2D eigenvalue weighted by Gasteiger charge is 2.15. The zero-order valence-corrected chi connectivity index (χ0v) is 12.4. The van der Waals surface area contributed by atoms with Gasteiger partial charge in [0.1, 0.15) is 4.88 Å². The van der Waals surface area contributed by atoms with Crippen molar-refractivity contribution < 1.29 is 4.79 Å². The number of amides is 1. The molecule has 4 N–H and O–H groups in total. The van der Waals surface area contributed by atoms with Gasteiger partial charge in [-0.25, -0.2) is 0 Å². The van der Waals surface area contributed by atoms with E-state index in [0.29, 0.717) is 29.1 Å². The zero-order valence-electron chi connectivity index (χ0n) is 11.5. The van der Waals surface area contributed by atoms with Gasteiger partial charge in [0.05, 0.1) is 10.7 Å². The first-order valence-electron chi connectivity index (χ1n) is 6.39. The van der Waals surface area contributed by atoms with Crippen LogP contribution in [0.15, 0.2) is 6.07 Å². The maximum absolute atomic E-state index is 11.8. The van der Waals surface area contributed by atoms with Gasteiger partial charge in [0, 0.05) is 12.6 Å². The summed E-state index contributed by atoms with van der Waals surface area (Å²) in [6, 6.07) is 2.19. The SMILES string of the molecule is CCCNC(=O)c1sc(NC(C)C(C)C)cc1N. The second-order valence-electron chi connectivity index (χ2n) is 4.83. The van der Waals surface area contributed by atoms with Crippen molar-refractivity contribution in [3.63, 3.8) is 0 Å². The first-order valence-corrected chi connectivity index (χ1v) is 7.21. The van der Waals surface area contributed by atoms with Gasteiger partial charge in [-0.3, -0.25) is 4.79 Å². The van der Waals surface area contributed by atoms with Crippen molar-refractivity contribution in [2.24, 2.45) is 5.92 Å². The fourth-order valence-corrected chi connectivity index (χ4v) is 2.36. The summed E-state index contributed by atoms with van der Waals surface area (Å²) in [6.07, 6.45) is 0.923. The molecule has 1 aromatic heterocycles. The van der Waals surface area contributed by atoms with Gasteiger partial charge >= 0.3 is 0 Å². The maximum atomic E-state index is 11.8. The first kappa shape index (κ1) is 14.8. The fraction of sp³-hybridized carbons (Fsp3) is 0.615. The van der Waals surface area contributed by atoms with E-state index in [1.54, 1.807) is 0 Å². The Morgan fingerprint density at radius 1 is 1.44 bits per heavy atom. The van der Waals surface area contributed by atoms with Crippen LogP contribution in [0.4, 0.5) is 10.7 Å². The van der Waals surface area contributed by atoms with E-state index in [1.165, 1.54) is 11.3 Å². The lowest BCUT2D eigenvalue weighted by Gasteiger charge is -2.16. The Kier molecular flexibility index (Phi) is 5.47. The molecule has 1 unspecified atom stereocenters. The molecule has 1 amide bonds. The van der Waals surface area contributed by atoms with Crippen molar-refractivity contribution in [1.82, 2.24) is 5.32 Å². The first-order chi connectivity index (χ1) is 8.45. The molecule has 0 aliphatic rings. The van der Waals surface area contributed by atoms with Gasteiger partial charge in [-0.1, -0.05) is 20.8 Å². The van der Waals surface area contributed by atoms with Crippen molar-refractivity contribution >= 4 is 27.9 Å². The van der Waals surface area contributed by atoms with Gasteiger partial charge in [-0.15, -0.1) is 11.3 Å². The maximum Gasteiger partial charge on any atom is 0.263 e. The van der Waals surface area contributed by atoms with Crippen LogP contribution >= 0.6 is 11.3 Å². The summed E-state index contributed by atoms with van der Waals surface area (Å²) < 4.78 is 0. The lowest BCUT2D eigenvalue weighted by Crippen LogP contribution is -2.23. The van der Waals surface area contributed by atoms with Gasteiger partial charge in [0.15, 0.2) is 0 Å². The van der Waals surface area contributed by atoms with Crippen LogP contribution in [0.3, 0.4) is 0 Å². The number of anilines is 2. The van der Waals surface area contributed by atoms with Crippen LogP contribution in [-0.4, -0.2) is 18.5 Å². The average Bonchev–Trinajstić information content (AvgIpc) is 2.67. The minimum absolute atomic E-state index is 0.0791. The largest absolute Gasteiger partial charge is 0.397 e. The molecule has 0 bridgehead atoms. The molecule has 1 heterocycles. The lowest BCUT2D eigenvalue weighted by atomic mass is 10.1. The second kappa shape index (κ2) is 6.64. The van der Waals surface area contributed by atoms with E-state index in [0.717, 1.165) is 11.4 Å². The van der Waals surface area contributed by atoms with Crippen molar-refractivity contribution in [3.05, 3.63) is 10.9 Å². The minimum Gasteiger partial charge on any atom is -0.397 e. The molecule has 0 aliphatic heterocycles. The summed E-state index contributed by atoms with van der Waals surface area (Å²) in [5, 5.41) is 7.17. The normalized spacial score (nSPS) is 12.5. The lowest BCUT2D eigenvalue weighted by molar-refractivity contribution is 0.0958. The molecule has 1 atom stereocenters. The Morgan fingerprint density at radius 3 is 2.67 bits per heavy atom. The molecule has 0 saturated heterocycles. The number of nitrogens with one attached hydrogen (secondary N) is 2. The number of thiophene rings is 1. The number of hydrogen-bond acceptors (Lipinski definition) is 4. The Morgan fingerprint density at radius 2 is 2.11 bits per heavy atom. The fourth-order valence-electron chi connectivity index (χ4n) is 1.36. The van der Waals surface area contributed by atoms with Crippen LogP contribution in [0, 0.1) is 5.92 Å². The monoisotopic (exact) mass is 269 g/mol. The molecule has 0 fully saturated rings. The molecule has 0 radical (unpaired) electrons. The van der Waals surface area contributed by atoms with Gasteiger partial charge in [-0.2, -0.15) is 0 Å². The summed E-state index contributed by atoms with van der Waals surface area (Å²) in [5.74, 6) is 0.454. The molecular weight excluding hydrogens is 246 g/mol. The van der Waals surface area contributed by atoms with Gasteiger partial charge in [0.2, 0.25) is 0 Å². The summed E-state index contributed by atoms with van der Waals surface area (Å²) in [7, 11) is 0. The highest BCUT2D eigenvalue weighted by molar-refractivity contribution is 7.18. The van der Waals surface area contributed by atoms with Crippen molar-refractivity contribution in [3.8, 4) is 0 Å². The van der Waals surface area contributed by atoms with E-state index in [2.05, 4.69) is 31.4 Å². The molecule has 5 heteroatoms. The molecule has 0 saturated carbocycles. The third-order valence-corrected chi connectivity index (χ3v) is 3.95. The van der Waals surface area contributed by atoms with E-state index in [1.807, 2.05) is 13.0 Å². The Balaban J connectivity index is 2.72. The molecule has 1 rings (SSSR count). The molecule has 0 aliphatic carbocycles. The van der Waals surface area contributed by atoms with E-state index >= 15 is 0 Å². The van der Waals surface area contributed by atoms with Crippen molar-refractivity contribution in [2.75, 3.05) is 17.6 Å². The summed E-state index contributed by atoms with van der Waals surface area (Å²) in [4.78, 5) is 12.4. The van der Waals surface area contributed by atoms with E-state index in [4.69, 9.17) is 5.73 Å². The van der Waals surface area contributed by atoms with Gasteiger partial charge < -0.3 is 16.4 Å². The van der Waals surface area contributed by atoms with Crippen LogP contribution in [0.2, 0.25) is 0 Å².